The van der Waals surface area contributed by atoms with Crippen LogP contribution in [0, 0.1) is 0 Å². The second-order valence-electron chi connectivity index (χ2n) is 10.7. The summed E-state index contributed by atoms with van der Waals surface area (Å²) in [6, 6.07) is 24.2. The number of hydrogen-bond donors (Lipinski definition) is 0. The summed E-state index contributed by atoms with van der Waals surface area (Å²) in [5.74, 6) is -0.576. The van der Waals surface area contributed by atoms with Crippen molar-refractivity contribution in [2.45, 2.75) is 44.2 Å². The van der Waals surface area contributed by atoms with Gasteiger partial charge in [-0.25, -0.2) is 0 Å². The molecule has 4 rings (SSSR count). The van der Waals surface area contributed by atoms with Crippen molar-refractivity contribution in [3.8, 4) is 5.75 Å². The van der Waals surface area contributed by atoms with Gasteiger partial charge in [0.15, 0.2) is 0 Å². The molecule has 214 valence electrons. The standard InChI is InChI=1S/C29H32F3NO5SSi/c1-28(2,3)40(25-10-6-4-7-11-25,26-12-8-5-9-13-26)37-19-18-33-17-16-23-20-24(15-14-22(23)21-27(33)34)38-39(35,36)29(30,31)32/h4-15,20H,16-19,21H2,1-3H3. The van der Waals surface area contributed by atoms with E-state index in [4.69, 9.17) is 4.43 Å². The van der Waals surface area contributed by atoms with E-state index in [0.29, 0.717) is 37.2 Å². The molecule has 1 amide bonds. The Kier molecular flexibility index (Phi) is 8.48. The maximum absolute atomic E-state index is 13.1. The zero-order valence-electron chi connectivity index (χ0n) is 22.6. The SMILES string of the molecule is CC(C)(C)[Si](OCCN1CCc2cc(OS(=O)(=O)C(F)(F)F)ccc2CC1=O)(c1ccccc1)c1ccccc1. The number of nitrogens with zero attached hydrogens (tertiary/aromatic N) is 1. The van der Waals surface area contributed by atoms with Crippen molar-refractivity contribution in [3.63, 3.8) is 0 Å². The second-order valence-corrected chi connectivity index (χ2v) is 16.6. The first-order valence-corrected chi connectivity index (χ1v) is 16.2. The Labute approximate surface area is 234 Å². The summed E-state index contributed by atoms with van der Waals surface area (Å²) < 4.78 is 72.2. The average molecular weight is 592 g/mol. The summed E-state index contributed by atoms with van der Waals surface area (Å²) in [4.78, 5) is 14.8. The van der Waals surface area contributed by atoms with Crippen molar-refractivity contribution < 1.29 is 35.0 Å². The number of benzene rings is 3. The highest BCUT2D eigenvalue weighted by atomic mass is 32.2. The van der Waals surface area contributed by atoms with Crippen LogP contribution in [0.15, 0.2) is 78.9 Å². The summed E-state index contributed by atoms with van der Waals surface area (Å²) >= 11 is 0. The molecule has 3 aromatic carbocycles. The third-order valence-corrected chi connectivity index (χ3v) is 13.1. The summed E-state index contributed by atoms with van der Waals surface area (Å²) in [5.41, 5.74) is -4.34. The smallest absolute Gasteiger partial charge is 0.406 e. The molecule has 1 aliphatic rings. The van der Waals surface area contributed by atoms with Crippen LogP contribution in [0.25, 0.3) is 0 Å². The zero-order valence-corrected chi connectivity index (χ0v) is 24.4. The summed E-state index contributed by atoms with van der Waals surface area (Å²) in [6.45, 7) is 7.46. The lowest BCUT2D eigenvalue weighted by molar-refractivity contribution is -0.130. The molecule has 0 fully saturated rings. The van der Waals surface area contributed by atoms with Gasteiger partial charge >= 0.3 is 15.6 Å². The number of carbonyl (C=O) groups excluding carboxylic acids is 1. The van der Waals surface area contributed by atoms with Crippen LogP contribution in [0.3, 0.4) is 0 Å². The quantitative estimate of drug-likeness (QED) is 0.220. The lowest BCUT2D eigenvalue weighted by Crippen LogP contribution is -2.67. The van der Waals surface area contributed by atoms with Gasteiger partial charge in [-0.15, -0.1) is 0 Å². The highest BCUT2D eigenvalue weighted by Crippen LogP contribution is 2.37. The second kappa shape index (κ2) is 11.4. The first kappa shape index (κ1) is 29.8. The van der Waals surface area contributed by atoms with Crippen LogP contribution >= 0.6 is 0 Å². The van der Waals surface area contributed by atoms with Crippen molar-refractivity contribution in [1.82, 2.24) is 4.90 Å². The number of alkyl halides is 3. The largest absolute Gasteiger partial charge is 0.534 e. The molecule has 6 nitrogen and oxygen atoms in total. The van der Waals surface area contributed by atoms with Gasteiger partial charge in [-0.1, -0.05) is 87.5 Å². The molecule has 0 aliphatic carbocycles. The molecule has 11 heteroatoms. The highest BCUT2D eigenvalue weighted by molar-refractivity contribution is 7.88. The van der Waals surface area contributed by atoms with Crippen LogP contribution in [0.5, 0.6) is 5.75 Å². The van der Waals surface area contributed by atoms with Crippen molar-refractivity contribution in [1.29, 1.82) is 0 Å². The summed E-state index contributed by atoms with van der Waals surface area (Å²) in [5, 5.41) is 2.04. The molecule has 0 radical (unpaired) electrons. The lowest BCUT2D eigenvalue weighted by atomic mass is 10.0. The molecule has 0 saturated heterocycles. The number of carbonyl (C=O) groups is 1. The molecule has 0 atom stereocenters. The molecular weight excluding hydrogens is 559 g/mol. The average Bonchev–Trinajstić information content (AvgIpc) is 3.04. The Morgan fingerprint density at radius 1 is 0.875 bits per heavy atom. The van der Waals surface area contributed by atoms with Gasteiger partial charge in [-0.2, -0.15) is 21.6 Å². The predicted molar refractivity (Wildman–Crippen MR) is 150 cm³/mol. The van der Waals surface area contributed by atoms with Crippen LogP contribution in [0.2, 0.25) is 5.04 Å². The van der Waals surface area contributed by atoms with E-state index in [2.05, 4.69) is 49.2 Å². The van der Waals surface area contributed by atoms with E-state index >= 15 is 0 Å². The Morgan fingerprint density at radius 3 is 1.98 bits per heavy atom. The molecule has 0 unspecified atom stereocenters. The molecule has 1 aliphatic heterocycles. The molecular formula is C29H32F3NO5SSi. The molecule has 0 N–H and O–H groups in total. The molecule has 0 spiro atoms. The fourth-order valence-corrected chi connectivity index (χ4v) is 10.2. The zero-order chi connectivity index (χ0) is 29.2. The fourth-order valence-electron chi connectivity index (χ4n) is 5.20. The normalized spacial score (nSPS) is 14.9. The molecule has 1 heterocycles. The first-order valence-electron chi connectivity index (χ1n) is 12.9. The van der Waals surface area contributed by atoms with Gasteiger partial charge in [0.05, 0.1) is 13.0 Å². The van der Waals surface area contributed by atoms with Gasteiger partial charge in [0.1, 0.15) is 5.75 Å². The Morgan fingerprint density at radius 2 is 1.45 bits per heavy atom. The summed E-state index contributed by atoms with van der Waals surface area (Å²) in [6.07, 6.45) is 0.379. The molecule has 3 aromatic rings. The number of amides is 1. The Hall–Kier alpha value is -3.15. The minimum atomic E-state index is -5.78. The molecule has 0 aromatic heterocycles. The minimum Gasteiger partial charge on any atom is -0.406 e. The summed E-state index contributed by atoms with van der Waals surface area (Å²) in [7, 11) is -8.56. The maximum atomic E-state index is 13.1. The van der Waals surface area contributed by atoms with Gasteiger partial charge in [0.2, 0.25) is 5.91 Å². The predicted octanol–water partition coefficient (Wildman–Crippen LogP) is 4.42. The number of hydrogen-bond acceptors (Lipinski definition) is 5. The number of fused-ring (bicyclic) bond motifs is 1. The van der Waals surface area contributed by atoms with Gasteiger partial charge < -0.3 is 13.5 Å². The lowest BCUT2D eigenvalue weighted by Gasteiger charge is -2.43. The third kappa shape index (κ3) is 6.11. The van der Waals surface area contributed by atoms with Gasteiger partial charge in [-0.3, -0.25) is 4.79 Å². The van der Waals surface area contributed by atoms with E-state index in [1.807, 2.05) is 36.4 Å². The van der Waals surface area contributed by atoms with E-state index in [-0.39, 0.29) is 17.4 Å². The van der Waals surface area contributed by atoms with Crippen LogP contribution < -0.4 is 14.6 Å². The highest BCUT2D eigenvalue weighted by Gasteiger charge is 2.50. The molecule has 0 saturated carbocycles. The van der Waals surface area contributed by atoms with Crippen LogP contribution in [0.4, 0.5) is 13.2 Å². The van der Waals surface area contributed by atoms with Crippen molar-refractivity contribution in [2.24, 2.45) is 0 Å². The molecule has 0 bridgehead atoms. The third-order valence-electron chi connectivity index (χ3n) is 7.11. The number of halogens is 3. The van der Waals surface area contributed by atoms with Crippen molar-refractivity contribution >= 4 is 34.7 Å². The number of rotatable bonds is 8. The van der Waals surface area contributed by atoms with Crippen molar-refractivity contribution in [2.75, 3.05) is 19.7 Å². The van der Waals surface area contributed by atoms with Crippen LogP contribution in [-0.2, 0) is 32.2 Å². The van der Waals surface area contributed by atoms with Crippen LogP contribution in [0.1, 0.15) is 31.9 Å². The van der Waals surface area contributed by atoms with E-state index in [9.17, 15) is 26.4 Å². The fraction of sp³-hybridized carbons (Fsp3) is 0.345. The molecule has 40 heavy (non-hydrogen) atoms. The van der Waals surface area contributed by atoms with Crippen molar-refractivity contribution in [3.05, 3.63) is 90.0 Å². The first-order chi connectivity index (χ1) is 18.7. The minimum absolute atomic E-state index is 0.0425. The monoisotopic (exact) mass is 591 g/mol. The van der Waals surface area contributed by atoms with E-state index in [1.165, 1.54) is 12.1 Å². The van der Waals surface area contributed by atoms with Gasteiger partial charge in [0, 0.05) is 13.1 Å². The Bertz CT molecular complexity index is 1400. The topological polar surface area (TPSA) is 72.9 Å². The van der Waals surface area contributed by atoms with Gasteiger partial charge in [0.25, 0.3) is 8.32 Å². The maximum Gasteiger partial charge on any atom is 0.534 e. The Balaban J connectivity index is 1.52. The van der Waals surface area contributed by atoms with Gasteiger partial charge in [-0.05, 0) is 45.1 Å². The van der Waals surface area contributed by atoms with E-state index in [1.54, 1.807) is 4.90 Å². The van der Waals surface area contributed by atoms with E-state index < -0.39 is 29.7 Å². The van der Waals surface area contributed by atoms with Crippen LogP contribution in [-0.4, -0.2) is 52.7 Å². The van der Waals surface area contributed by atoms with E-state index in [0.717, 1.165) is 16.4 Å².